The molecule has 5 heteroatoms. The van der Waals surface area contributed by atoms with E-state index in [4.69, 9.17) is 19.4 Å². The lowest BCUT2D eigenvalue weighted by molar-refractivity contribution is 0.0959. The number of ether oxygens (including phenoxy) is 2. The van der Waals surface area contributed by atoms with Gasteiger partial charge < -0.3 is 9.47 Å². The van der Waals surface area contributed by atoms with Crippen molar-refractivity contribution in [3.05, 3.63) is 22.1 Å². The maximum atomic E-state index is 6.39. The molecule has 2 saturated carbocycles. The first kappa shape index (κ1) is 15.6. The predicted octanol–water partition coefficient (Wildman–Crippen LogP) is 5.53. The van der Waals surface area contributed by atoms with Gasteiger partial charge in [-0.25, -0.2) is 9.97 Å². The molecule has 0 aromatic carbocycles. The zero-order valence-corrected chi connectivity index (χ0v) is 15.3. The Hall–Kier alpha value is -1.62. The van der Waals surface area contributed by atoms with Gasteiger partial charge in [0.25, 0.3) is 0 Å². The minimum atomic E-state index is 0.307. The Bertz CT molecular complexity index is 737. The standard InChI is InChI=1S/C20H24N2O2S/c1-3-7-13(8-4-1)23-19-17-18(22-16-12-25-11-15(16)21-17)20(19)24-14-9-5-2-6-10-14/h11-14H,1-10H2. The van der Waals surface area contributed by atoms with Crippen molar-refractivity contribution in [3.8, 4) is 0 Å². The normalized spacial score (nSPS) is 21.9. The summed E-state index contributed by atoms with van der Waals surface area (Å²) in [6.07, 6.45) is 12.9. The lowest BCUT2D eigenvalue weighted by Gasteiger charge is -2.33. The van der Waals surface area contributed by atoms with Gasteiger partial charge in [-0.2, -0.15) is 0 Å². The number of hydrogen-bond acceptors (Lipinski definition) is 5. The van der Waals surface area contributed by atoms with E-state index in [1.807, 2.05) is 0 Å². The van der Waals surface area contributed by atoms with Crippen LogP contribution in [0, 0.1) is 0 Å². The van der Waals surface area contributed by atoms with Crippen LogP contribution in [0.15, 0.2) is 10.8 Å². The van der Waals surface area contributed by atoms with Crippen LogP contribution >= 0.6 is 11.3 Å². The highest BCUT2D eigenvalue weighted by molar-refractivity contribution is 7.09. The molecule has 0 atom stereocenters. The molecular formula is C20H24N2O2S. The van der Waals surface area contributed by atoms with Gasteiger partial charge in [-0.05, 0) is 51.4 Å². The average molecular weight is 356 g/mol. The van der Waals surface area contributed by atoms with Crippen LogP contribution in [-0.2, 0) is 9.47 Å². The van der Waals surface area contributed by atoms with Gasteiger partial charge in [-0.3, -0.25) is 0 Å². The molecule has 3 aliphatic rings. The van der Waals surface area contributed by atoms with E-state index in [1.54, 1.807) is 11.3 Å². The SMILES string of the molecule is c1scc2nc3c(nc12)C(OC1CCCCC1)=C3OC1CCCCC1. The number of rotatable bonds is 4. The second-order valence-corrected chi connectivity index (χ2v) is 8.22. The van der Waals surface area contributed by atoms with E-state index in [0.717, 1.165) is 59.6 Å². The number of hydrogen-bond donors (Lipinski definition) is 0. The molecular weight excluding hydrogens is 332 g/mol. The van der Waals surface area contributed by atoms with Crippen molar-refractivity contribution in [1.29, 1.82) is 0 Å². The van der Waals surface area contributed by atoms with E-state index in [-0.39, 0.29) is 0 Å². The summed E-state index contributed by atoms with van der Waals surface area (Å²) in [5.74, 6) is 1.74. The second-order valence-electron chi connectivity index (χ2n) is 7.48. The van der Waals surface area contributed by atoms with Gasteiger partial charge in [0.2, 0.25) is 0 Å². The highest BCUT2D eigenvalue weighted by Gasteiger charge is 2.37. The molecule has 132 valence electrons. The Balaban J connectivity index is 1.45. The molecule has 5 rings (SSSR count). The first-order valence-electron chi connectivity index (χ1n) is 9.71. The molecule has 2 fully saturated rings. The maximum absolute atomic E-state index is 6.39. The lowest BCUT2D eigenvalue weighted by Crippen LogP contribution is -2.25. The van der Waals surface area contributed by atoms with Crippen LogP contribution in [0.5, 0.6) is 0 Å². The van der Waals surface area contributed by atoms with Crippen molar-refractivity contribution < 1.29 is 9.47 Å². The molecule has 25 heavy (non-hydrogen) atoms. The summed E-state index contributed by atoms with van der Waals surface area (Å²) in [6.45, 7) is 0. The summed E-state index contributed by atoms with van der Waals surface area (Å²) in [5, 5.41) is 4.11. The van der Waals surface area contributed by atoms with E-state index in [2.05, 4.69) is 10.8 Å². The molecule has 0 unspecified atom stereocenters. The molecule has 2 aromatic heterocycles. The number of nitrogens with zero attached hydrogens (tertiary/aromatic N) is 2. The molecule has 2 heterocycles. The zero-order valence-electron chi connectivity index (χ0n) is 14.5. The van der Waals surface area contributed by atoms with Gasteiger partial charge >= 0.3 is 0 Å². The fraction of sp³-hybridized carbons (Fsp3) is 0.600. The van der Waals surface area contributed by atoms with Crippen LogP contribution in [0.25, 0.3) is 22.6 Å². The fourth-order valence-electron chi connectivity index (χ4n) is 4.18. The van der Waals surface area contributed by atoms with Crippen molar-refractivity contribution in [3.63, 3.8) is 0 Å². The topological polar surface area (TPSA) is 44.2 Å². The molecule has 0 radical (unpaired) electrons. The summed E-state index contributed by atoms with van der Waals surface area (Å²) < 4.78 is 12.8. The highest BCUT2D eigenvalue weighted by Crippen LogP contribution is 2.44. The van der Waals surface area contributed by atoms with Crippen LogP contribution in [-0.4, -0.2) is 22.2 Å². The van der Waals surface area contributed by atoms with Crippen LogP contribution in [0.2, 0.25) is 0 Å². The van der Waals surface area contributed by atoms with Crippen LogP contribution in [0.1, 0.15) is 75.6 Å². The smallest absolute Gasteiger partial charge is 0.192 e. The van der Waals surface area contributed by atoms with Crippen LogP contribution < -0.4 is 0 Å². The summed E-state index contributed by atoms with van der Waals surface area (Å²) in [6, 6.07) is 0. The van der Waals surface area contributed by atoms with E-state index in [0.29, 0.717) is 12.2 Å². The summed E-state index contributed by atoms with van der Waals surface area (Å²) in [4.78, 5) is 9.59. The van der Waals surface area contributed by atoms with Crippen LogP contribution in [0.4, 0.5) is 0 Å². The summed E-state index contributed by atoms with van der Waals surface area (Å²) in [5.41, 5.74) is 3.74. The molecule has 0 spiro atoms. The summed E-state index contributed by atoms with van der Waals surface area (Å²) in [7, 11) is 0. The summed E-state index contributed by atoms with van der Waals surface area (Å²) >= 11 is 1.65. The quantitative estimate of drug-likeness (QED) is 0.722. The van der Waals surface area contributed by atoms with Crippen molar-refractivity contribution in [1.82, 2.24) is 9.97 Å². The van der Waals surface area contributed by atoms with Crippen molar-refractivity contribution in [2.75, 3.05) is 0 Å². The van der Waals surface area contributed by atoms with Crippen molar-refractivity contribution >= 4 is 33.9 Å². The number of aromatic nitrogens is 2. The van der Waals surface area contributed by atoms with Gasteiger partial charge in [-0.15, -0.1) is 11.3 Å². The van der Waals surface area contributed by atoms with E-state index in [9.17, 15) is 0 Å². The van der Waals surface area contributed by atoms with Gasteiger partial charge in [0.05, 0.1) is 12.2 Å². The first-order chi connectivity index (χ1) is 12.4. The first-order valence-corrected chi connectivity index (χ1v) is 10.6. The van der Waals surface area contributed by atoms with Gasteiger partial charge in [0.15, 0.2) is 11.5 Å². The van der Waals surface area contributed by atoms with Crippen LogP contribution in [0.3, 0.4) is 0 Å². The zero-order chi connectivity index (χ0) is 16.6. The van der Waals surface area contributed by atoms with Gasteiger partial charge in [-0.1, -0.05) is 12.8 Å². The molecule has 0 aliphatic heterocycles. The van der Waals surface area contributed by atoms with Gasteiger partial charge in [0.1, 0.15) is 22.4 Å². The maximum Gasteiger partial charge on any atom is 0.192 e. The third kappa shape index (κ3) is 2.92. The Morgan fingerprint density at radius 1 is 0.680 bits per heavy atom. The molecule has 0 bridgehead atoms. The van der Waals surface area contributed by atoms with E-state index >= 15 is 0 Å². The minimum Gasteiger partial charge on any atom is -0.484 e. The second kappa shape index (κ2) is 6.60. The Morgan fingerprint density at radius 2 is 1.12 bits per heavy atom. The number of thiophene rings is 1. The van der Waals surface area contributed by atoms with Crippen molar-refractivity contribution in [2.45, 2.75) is 76.4 Å². The average Bonchev–Trinajstić information content (AvgIpc) is 3.13. The van der Waals surface area contributed by atoms with Crippen molar-refractivity contribution in [2.24, 2.45) is 0 Å². The number of fused-ring (bicyclic) bond motifs is 2. The Labute approximate surface area is 152 Å². The molecule has 3 aliphatic carbocycles. The Morgan fingerprint density at radius 3 is 1.56 bits per heavy atom. The molecule has 2 aromatic rings. The van der Waals surface area contributed by atoms with E-state index < -0.39 is 0 Å². The largest absolute Gasteiger partial charge is 0.484 e. The molecule has 0 saturated heterocycles. The molecule has 0 N–H and O–H groups in total. The lowest BCUT2D eigenvalue weighted by atomic mass is 9.96. The highest BCUT2D eigenvalue weighted by atomic mass is 32.1. The third-order valence-corrected chi connectivity index (χ3v) is 6.34. The van der Waals surface area contributed by atoms with Gasteiger partial charge in [0, 0.05) is 10.8 Å². The van der Waals surface area contributed by atoms with E-state index in [1.165, 1.54) is 38.5 Å². The molecule has 0 amide bonds. The molecule has 4 nitrogen and oxygen atoms in total. The predicted molar refractivity (Wildman–Crippen MR) is 100 cm³/mol. The minimum absolute atomic E-state index is 0.307. The fourth-order valence-corrected chi connectivity index (χ4v) is 4.86. The monoisotopic (exact) mass is 356 g/mol. The Kier molecular flexibility index (Phi) is 4.12. The third-order valence-electron chi connectivity index (χ3n) is 5.62.